The monoisotopic (exact) mass is 339 g/mol. The molecule has 0 aliphatic heterocycles. The highest BCUT2D eigenvalue weighted by molar-refractivity contribution is 5.92. The lowest BCUT2D eigenvalue weighted by molar-refractivity contribution is 0.0927. The summed E-state index contributed by atoms with van der Waals surface area (Å²) in [5, 5.41) is 8.42. The van der Waals surface area contributed by atoms with Crippen molar-refractivity contribution in [2.75, 3.05) is 0 Å². The van der Waals surface area contributed by atoms with E-state index in [0.717, 1.165) is 22.8 Å². The first kappa shape index (κ1) is 16.8. The Morgan fingerprint density at radius 1 is 1.36 bits per heavy atom. The Labute approximate surface area is 145 Å². The van der Waals surface area contributed by atoms with Gasteiger partial charge in [0.1, 0.15) is 5.82 Å². The molecule has 0 saturated heterocycles. The third-order valence-electron chi connectivity index (χ3n) is 3.95. The van der Waals surface area contributed by atoms with Gasteiger partial charge in [-0.2, -0.15) is 10.2 Å². The first-order valence-electron chi connectivity index (χ1n) is 8.08. The molecule has 0 aromatic carbocycles. The fourth-order valence-corrected chi connectivity index (χ4v) is 2.78. The van der Waals surface area contributed by atoms with Crippen LogP contribution in [0.3, 0.4) is 0 Å². The summed E-state index contributed by atoms with van der Waals surface area (Å²) < 4.78 is 9.13. The summed E-state index contributed by atoms with van der Waals surface area (Å²) in [5.74, 6) is 0.848. The maximum atomic E-state index is 11.8. The Morgan fingerprint density at radius 3 is 2.84 bits per heavy atom. The van der Waals surface area contributed by atoms with Gasteiger partial charge >= 0.3 is 5.91 Å². The molecule has 7 nitrogen and oxygen atoms in total. The Kier molecular flexibility index (Phi) is 4.56. The molecule has 0 bridgehead atoms. The number of rotatable bonds is 5. The highest BCUT2D eigenvalue weighted by Crippen LogP contribution is 2.21. The molecule has 0 saturated carbocycles. The van der Waals surface area contributed by atoms with Crippen molar-refractivity contribution in [3.05, 3.63) is 59.4 Å². The van der Waals surface area contributed by atoms with Crippen molar-refractivity contribution in [3.8, 4) is 5.82 Å². The zero-order valence-corrected chi connectivity index (χ0v) is 14.7. The lowest BCUT2D eigenvalue weighted by Crippen LogP contribution is -2.16. The molecule has 0 fully saturated rings. The van der Waals surface area contributed by atoms with Crippen LogP contribution in [-0.2, 0) is 0 Å². The number of aryl methyl sites for hydroxylation is 1. The molecule has 0 atom stereocenters. The van der Waals surface area contributed by atoms with Crippen LogP contribution in [0.25, 0.3) is 5.82 Å². The van der Waals surface area contributed by atoms with Crippen molar-refractivity contribution in [1.82, 2.24) is 19.8 Å². The van der Waals surface area contributed by atoms with E-state index in [1.165, 1.54) is 6.26 Å². The second-order valence-corrected chi connectivity index (χ2v) is 6.07. The molecule has 3 aromatic rings. The van der Waals surface area contributed by atoms with Gasteiger partial charge < -0.3 is 8.98 Å². The molecule has 1 N–H and O–H groups in total. The fraction of sp³-hybridized carbons (Fsp3) is 0.278. The molecular weight excluding hydrogens is 318 g/mol. The molecular formula is C18H21N5O2. The molecule has 7 heteroatoms. The summed E-state index contributed by atoms with van der Waals surface area (Å²) in [4.78, 5) is 11.8. The van der Waals surface area contributed by atoms with Gasteiger partial charge in [0.15, 0.2) is 5.76 Å². The van der Waals surface area contributed by atoms with Gasteiger partial charge in [-0.3, -0.25) is 4.79 Å². The van der Waals surface area contributed by atoms with Crippen molar-refractivity contribution in [2.24, 2.45) is 5.10 Å². The van der Waals surface area contributed by atoms with Crippen LogP contribution in [0.2, 0.25) is 0 Å². The number of carbonyl (C=O) groups is 1. The Morgan fingerprint density at radius 2 is 2.16 bits per heavy atom. The van der Waals surface area contributed by atoms with Gasteiger partial charge in [0.25, 0.3) is 0 Å². The van der Waals surface area contributed by atoms with E-state index in [9.17, 15) is 4.79 Å². The van der Waals surface area contributed by atoms with Gasteiger partial charge in [-0.05, 0) is 45.9 Å². The molecule has 0 spiro atoms. The predicted molar refractivity (Wildman–Crippen MR) is 95.2 cm³/mol. The van der Waals surface area contributed by atoms with Crippen molar-refractivity contribution in [2.45, 2.75) is 33.7 Å². The SMILES string of the molecule is Cc1cc(/C=N\NC(=O)c2ccco2)c(C)n1-c1ccnn1C(C)C. The number of nitrogens with zero attached hydrogens (tertiary/aromatic N) is 4. The lowest BCUT2D eigenvalue weighted by Gasteiger charge is -2.14. The van der Waals surface area contributed by atoms with Crippen LogP contribution < -0.4 is 5.43 Å². The molecule has 0 radical (unpaired) electrons. The van der Waals surface area contributed by atoms with Crippen molar-refractivity contribution < 1.29 is 9.21 Å². The first-order valence-corrected chi connectivity index (χ1v) is 8.08. The van der Waals surface area contributed by atoms with Crippen molar-refractivity contribution >= 4 is 12.1 Å². The van der Waals surface area contributed by atoms with E-state index in [4.69, 9.17) is 4.42 Å². The van der Waals surface area contributed by atoms with E-state index >= 15 is 0 Å². The molecule has 0 unspecified atom stereocenters. The lowest BCUT2D eigenvalue weighted by atomic mass is 10.3. The number of aromatic nitrogens is 3. The average molecular weight is 339 g/mol. The quantitative estimate of drug-likeness (QED) is 0.573. The van der Waals surface area contributed by atoms with Gasteiger partial charge in [-0.1, -0.05) is 0 Å². The summed E-state index contributed by atoms with van der Waals surface area (Å²) in [6, 6.07) is 7.51. The van der Waals surface area contributed by atoms with Crippen molar-refractivity contribution in [1.29, 1.82) is 0 Å². The summed E-state index contributed by atoms with van der Waals surface area (Å²) in [7, 11) is 0. The van der Waals surface area contributed by atoms with Crippen LogP contribution in [0.15, 0.2) is 46.2 Å². The third-order valence-corrected chi connectivity index (χ3v) is 3.95. The van der Waals surface area contributed by atoms with Gasteiger partial charge in [0.05, 0.1) is 18.7 Å². The summed E-state index contributed by atoms with van der Waals surface area (Å²) in [5.41, 5.74) is 5.48. The molecule has 3 heterocycles. The number of amides is 1. The van der Waals surface area contributed by atoms with Crippen LogP contribution in [0.5, 0.6) is 0 Å². The predicted octanol–water partition coefficient (Wildman–Crippen LogP) is 3.23. The minimum Gasteiger partial charge on any atom is -0.459 e. The first-order chi connectivity index (χ1) is 12.0. The highest BCUT2D eigenvalue weighted by atomic mass is 16.3. The standard InChI is InChI=1S/C18H21N5O2/c1-12(2)23-17(7-8-20-23)22-13(3)10-15(14(22)4)11-19-21-18(24)16-6-5-9-25-16/h5-12H,1-4H3,(H,21,24)/b19-11-. The van der Waals surface area contributed by atoms with E-state index in [1.54, 1.807) is 24.5 Å². The molecule has 25 heavy (non-hydrogen) atoms. The van der Waals surface area contributed by atoms with Gasteiger partial charge in [0.2, 0.25) is 0 Å². The average Bonchev–Trinajstić information content (AvgIpc) is 3.28. The maximum absolute atomic E-state index is 11.8. The number of furan rings is 1. The van der Waals surface area contributed by atoms with E-state index in [1.807, 2.05) is 30.7 Å². The number of hydrazone groups is 1. The summed E-state index contributed by atoms with van der Waals surface area (Å²) in [6.07, 6.45) is 4.88. The fourth-order valence-electron chi connectivity index (χ4n) is 2.78. The molecule has 130 valence electrons. The summed E-state index contributed by atoms with van der Waals surface area (Å²) in [6.45, 7) is 8.23. The number of hydrogen-bond donors (Lipinski definition) is 1. The van der Waals surface area contributed by atoms with Crippen LogP contribution >= 0.6 is 0 Å². The zero-order chi connectivity index (χ0) is 18.0. The topological polar surface area (TPSA) is 77.3 Å². The minimum absolute atomic E-state index is 0.225. The molecule has 0 aliphatic carbocycles. The third kappa shape index (κ3) is 3.26. The van der Waals surface area contributed by atoms with Crippen LogP contribution in [0, 0.1) is 13.8 Å². The molecule has 3 aromatic heterocycles. The van der Waals surface area contributed by atoms with Crippen LogP contribution in [0.4, 0.5) is 0 Å². The maximum Gasteiger partial charge on any atom is 0.307 e. The number of nitrogens with one attached hydrogen (secondary N) is 1. The zero-order valence-electron chi connectivity index (χ0n) is 14.7. The largest absolute Gasteiger partial charge is 0.459 e. The van der Waals surface area contributed by atoms with E-state index in [2.05, 4.69) is 34.0 Å². The Hall–Kier alpha value is -3.09. The second kappa shape index (κ2) is 6.80. The van der Waals surface area contributed by atoms with Crippen LogP contribution in [0.1, 0.15) is 47.4 Å². The second-order valence-electron chi connectivity index (χ2n) is 6.07. The highest BCUT2D eigenvalue weighted by Gasteiger charge is 2.14. The van der Waals surface area contributed by atoms with E-state index in [-0.39, 0.29) is 17.7 Å². The Balaban J connectivity index is 1.84. The molecule has 3 rings (SSSR count). The summed E-state index contributed by atoms with van der Waals surface area (Å²) >= 11 is 0. The van der Waals surface area contributed by atoms with Gasteiger partial charge in [0, 0.05) is 29.1 Å². The van der Waals surface area contributed by atoms with Gasteiger partial charge in [-0.25, -0.2) is 10.1 Å². The Bertz CT molecular complexity index is 900. The van der Waals surface area contributed by atoms with E-state index in [0.29, 0.717) is 0 Å². The van der Waals surface area contributed by atoms with Gasteiger partial charge in [-0.15, -0.1) is 0 Å². The normalized spacial score (nSPS) is 11.6. The molecule has 1 amide bonds. The van der Waals surface area contributed by atoms with Crippen molar-refractivity contribution in [3.63, 3.8) is 0 Å². The smallest absolute Gasteiger partial charge is 0.307 e. The number of carbonyl (C=O) groups excluding carboxylic acids is 1. The van der Waals surface area contributed by atoms with E-state index < -0.39 is 0 Å². The van der Waals surface area contributed by atoms with Crippen LogP contribution in [-0.4, -0.2) is 26.5 Å². The number of hydrogen-bond acceptors (Lipinski definition) is 4. The minimum atomic E-state index is -0.382. The molecule has 0 aliphatic rings.